The van der Waals surface area contributed by atoms with Gasteiger partial charge in [0.15, 0.2) is 0 Å². The van der Waals surface area contributed by atoms with Gasteiger partial charge in [-0.3, -0.25) is 4.79 Å². The normalized spacial score (nSPS) is 37.0. The topological polar surface area (TPSA) is 83.8 Å². The molecule has 0 amide bonds. The van der Waals surface area contributed by atoms with Crippen LogP contribution >= 0.6 is 0 Å². The van der Waals surface area contributed by atoms with Crippen LogP contribution in [0.2, 0.25) is 0 Å². The zero-order chi connectivity index (χ0) is 22.7. The molecule has 0 radical (unpaired) electrons. The van der Waals surface area contributed by atoms with Gasteiger partial charge in [0.1, 0.15) is 0 Å². The standard InChI is InChI=1S/C25H42O5/c1-17(2)14-22(28)30-16-23(4)11-7-12-24(5)19(23)10-13-25(6,29)20(24)9-8-18(3)15-21(26)27/h14,18-20,29H,7-13,15-16H2,1-6H3,(H,26,27). The Morgan fingerprint density at radius 1 is 1.17 bits per heavy atom. The summed E-state index contributed by atoms with van der Waals surface area (Å²) in [5, 5.41) is 20.4. The fourth-order valence-corrected chi connectivity index (χ4v) is 6.61. The van der Waals surface area contributed by atoms with Gasteiger partial charge >= 0.3 is 11.9 Å². The molecular formula is C25H42O5. The highest BCUT2D eigenvalue weighted by Crippen LogP contribution is 2.63. The maximum absolute atomic E-state index is 12.1. The summed E-state index contributed by atoms with van der Waals surface area (Å²) in [7, 11) is 0. The maximum Gasteiger partial charge on any atom is 0.330 e. The minimum absolute atomic E-state index is 0.0411. The highest BCUT2D eigenvalue weighted by molar-refractivity contribution is 5.82. The number of carboxylic acid groups (broad SMARTS) is 1. The molecule has 0 aromatic heterocycles. The minimum Gasteiger partial charge on any atom is -0.481 e. The number of esters is 1. The van der Waals surface area contributed by atoms with Crippen molar-refractivity contribution < 1.29 is 24.5 Å². The summed E-state index contributed by atoms with van der Waals surface area (Å²) < 4.78 is 5.68. The number of carbonyl (C=O) groups is 2. The van der Waals surface area contributed by atoms with E-state index < -0.39 is 11.6 Å². The van der Waals surface area contributed by atoms with Crippen LogP contribution in [0.15, 0.2) is 11.6 Å². The van der Waals surface area contributed by atoms with Crippen molar-refractivity contribution >= 4 is 11.9 Å². The molecule has 2 fully saturated rings. The van der Waals surface area contributed by atoms with Crippen molar-refractivity contribution in [2.75, 3.05) is 6.61 Å². The molecule has 0 saturated heterocycles. The van der Waals surface area contributed by atoms with E-state index in [1.54, 1.807) is 6.08 Å². The molecular weight excluding hydrogens is 380 g/mol. The van der Waals surface area contributed by atoms with Gasteiger partial charge in [0.05, 0.1) is 12.2 Å². The van der Waals surface area contributed by atoms with Crippen molar-refractivity contribution in [1.82, 2.24) is 0 Å². The van der Waals surface area contributed by atoms with Crippen LogP contribution in [-0.4, -0.2) is 34.4 Å². The second-order valence-electron chi connectivity index (χ2n) is 11.1. The maximum atomic E-state index is 12.1. The molecule has 5 nitrogen and oxygen atoms in total. The number of hydrogen-bond donors (Lipinski definition) is 2. The summed E-state index contributed by atoms with van der Waals surface area (Å²) in [6.07, 6.45) is 8.18. The fourth-order valence-electron chi connectivity index (χ4n) is 6.61. The average molecular weight is 423 g/mol. The molecule has 0 aromatic rings. The minimum atomic E-state index is -0.759. The lowest BCUT2D eigenvalue weighted by molar-refractivity contribution is -0.186. The van der Waals surface area contributed by atoms with Gasteiger partial charge in [-0.05, 0) is 82.5 Å². The van der Waals surface area contributed by atoms with E-state index in [2.05, 4.69) is 13.8 Å². The van der Waals surface area contributed by atoms with Crippen molar-refractivity contribution in [2.24, 2.45) is 28.6 Å². The zero-order valence-electron chi connectivity index (χ0n) is 19.8. The summed E-state index contributed by atoms with van der Waals surface area (Å²) in [4.78, 5) is 23.2. The van der Waals surface area contributed by atoms with Gasteiger partial charge in [-0.1, -0.05) is 32.8 Å². The monoisotopic (exact) mass is 422 g/mol. The summed E-state index contributed by atoms with van der Waals surface area (Å²) in [6, 6.07) is 0. The lowest BCUT2D eigenvalue weighted by atomic mass is 9.45. The molecule has 0 aliphatic heterocycles. The second kappa shape index (κ2) is 9.42. The van der Waals surface area contributed by atoms with E-state index in [0.29, 0.717) is 12.5 Å². The number of rotatable bonds is 8. The predicted octanol–water partition coefficient (Wildman–Crippen LogP) is 5.36. The van der Waals surface area contributed by atoms with Gasteiger partial charge in [-0.15, -0.1) is 0 Å². The highest BCUT2D eigenvalue weighted by atomic mass is 16.5. The number of allylic oxidation sites excluding steroid dienone is 1. The van der Waals surface area contributed by atoms with Crippen molar-refractivity contribution in [3.63, 3.8) is 0 Å². The van der Waals surface area contributed by atoms with Crippen LogP contribution in [-0.2, 0) is 14.3 Å². The van der Waals surface area contributed by atoms with E-state index in [1.165, 1.54) is 0 Å². The predicted molar refractivity (Wildman–Crippen MR) is 118 cm³/mol. The van der Waals surface area contributed by atoms with E-state index in [1.807, 2.05) is 27.7 Å². The molecule has 6 atom stereocenters. The Morgan fingerprint density at radius 3 is 2.43 bits per heavy atom. The third-order valence-corrected chi connectivity index (χ3v) is 8.01. The van der Waals surface area contributed by atoms with Crippen LogP contribution < -0.4 is 0 Å². The van der Waals surface area contributed by atoms with Gasteiger partial charge in [0.2, 0.25) is 0 Å². The third-order valence-electron chi connectivity index (χ3n) is 8.01. The molecule has 6 unspecified atom stereocenters. The van der Waals surface area contributed by atoms with Crippen LogP contribution in [0.1, 0.15) is 92.9 Å². The molecule has 0 heterocycles. The van der Waals surface area contributed by atoms with Gasteiger partial charge in [-0.2, -0.15) is 0 Å². The summed E-state index contributed by atoms with van der Waals surface area (Å²) in [5.74, 6) is -0.440. The lowest BCUT2D eigenvalue weighted by Crippen LogP contribution is -2.59. The fraction of sp³-hybridized carbons (Fsp3) is 0.840. The molecule has 2 aliphatic rings. The first-order valence-corrected chi connectivity index (χ1v) is 11.6. The Bertz CT molecular complexity index is 662. The van der Waals surface area contributed by atoms with E-state index >= 15 is 0 Å². The number of hydrogen-bond acceptors (Lipinski definition) is 4. The molecule has 0 bridgehead atoms. The van der Waals surface area contributed by atoms with Crippen LogP contribution in [0, 0.1) is 28.6 Å². The number of ether oxygens (including phenoxy) is 1. The van der Waals surface area contributed by atoms with Crippen LogP contribution in [0.3, 0.4) is 0 Å². The Balaban J connectivity index is 2.19. The molecule has 0 spiro atoms. The Morgan fingerprint density at radius 2 is 1.83 bits per heavy atom. The summed E-state index contributed by atoms with van der Waals surface area (Å²) >= 11 is 0. The molecule has 172 valence electrons. The smallest absolute Gasteiger partial charge is 0.330 e. The lowest BCUT2D eigenvalue weighted by Gasteiger charge is -2.61. The number of aliphatic hydroxyl groups is 1. The largest absolute Gasteiger partial charge is 0.481 e. The second-order valence-corrected chi connectivity index (χ2v) is 11.1. The van der Waals surface area contributed by atoms with Crippen LogP contribution in [0.25, 0.3) is 0 Å². The number of carboxylic acids is 1. The van der Waals surface area contributed by atoms with Gasteiger partial charge in [0.25, 0.3) is 0 Å². The van der Waals surface area contributed by atoms with E-state index in [4.69, 9.17) is 9.84 Å². The van der Waals surface area contributed by atoms with Crippen molar-refractivity contribution in [2.45, 2.75) is 98.5 Å². The molecule has 2 aliphatic carbocycles. The molecule has 2 rings (SSSR count). The number of aliphatic carboxylic acids is 1. The van der Waals surface area contributed by atoms with E-state index in [-0.39, 0.29) is 35.1 Å². The summed E-state index contributed by atoms with van der Waals surface area (Å²) in [5.41, 5.74) is 0.0497. The van der Waals surface area contributed by atoms with Crippen molar-refractivity contribution in [1.29, 1.82) is 0 Å². The van der Waals surface area contributed by atoms with Crippen LogP contribution in [0.5, 0.6) is 0 Å². The van der Waals surface area contributed by atoms with Crippen LogP contribution in [0.4, 0.5) is 0 Å². The average Bonchev–Trinajstić information content (AvgIpc) is 2.57. The molecule has 2 saturated carbocycles. The molecule has 0 aromatic carbocycles. The Labute approximate surface area is 182 Å². The van der Waals surface area contributed by atoms with Gasteiger partial charge < -0.3 is 14.9 Å². The van der Waals surface area contributed by atoms with E-state index in [0.717, 1.165) is 50.5 Å². The zero-order valence-corrected chi connectivity index (χ0v) is 19.8. The number of carbonyl (C=O) groups excluding carboxylic acids is 1. The first-order chi connectivity index (χ1) is 13.8. The summed E-state index contributed by atoms with van der Waals surface area (Å²) in [6.45, 7) is 12.7. The molecule has 5 heteroatoms. The number of fused-ring (bicyclic) bond motifs is 1. The van der Waals surface area contributed by atoms with Gasteiger partial charge in [-0.25, -0.2) is 4.79 Å². The van der Waals surface area contributed by atoms with Gasteiger partial charge in [0, 0.05) is 17.9 Å². The SMILES string of the molecule is CC(C)=CC(=O)OCC1(C)CCCC2(C)C(CCC(C)CC(=O)O)C(C)(O)CCC12. The van der Waals surface area contributed by atoms with Crippen molar-refractivity contribution in [3.8, 4) is 0 Å². The molecule has 30 heavy (non-hydrogen) atoms. The Hall–Kier alpha value is -1.36. The van der Waals surface area contributed by atoms with E-state index in [9.17, 15) is 14.7 Å². The Kier molecular flexibility index (Phi) is 7.82. The van der Waals surface area contributed by atoms with Crippen molar-refractivity contribution in [3.05, 3.63) is 11.6 Å². The third kappa shape index (κ3) is 5.66. The first-order valence-electron chi connectivity index (χ1n) is 11.6. The molecule has 2 N–H and O–H groups in total. The highest BCUT2D eigenvalue weighted by Gasteiger charge is 2.59. The quantitative estimate of drug-likeness (QED) is 0.406. The first kappa shape index (κ1) is 24.9.